The fourth-order valence-electron chi connectivity index (χ4n) is 1.51. The molecule has 0 aromatic rings. The maximum Gasteiger partial charge on any atom is 0.0199 e. The first-order valence-electron chi connectivity index (χ1n) is 4.21. The molecule has 1 aliphatic carbocycles. The lowest BCUT2D eigenvalue weighted by atomic mass is 10.0. The van der Waals surface area contributed by atoms with E-state index in [1.807, 2.05) is 0 Å². The van der Waals surface area contributed by atoms with Gasteiger partial charge in [-0.3, -0.25) is 0 Å². The second-order valence-corrected chi connectivity index (χ2v) is 4.44. The Morgan fingerprint density at radius 2 is 1.40 bits per heavy atom. The molecule has 0 bridgehead atoms. The second kappa shape index (κ2) is 5.31. The van der Waals surface area contributed by atoms with Crippen LogP contribution >= 0.6 is 21.7 Å². The molecule has 0 aromatic carbocycles. The van der Waals surface area contributed by atoms with Gasteiger partial charge in [-0.15, -0.1) is 0 Å². The van der Waals surface area contributed by atoms with E-state index >= 15 is 0 Å². The normalized spacial score (nSPS) is 23.7. The quantitative estimate of drug-likeness (QED) is 0.585. The molecule has 1 aliphatic rings. The van der Waals surface area contributed by atoms with E-state index in [1.54, 1.807) is 11.0 Å². The third-order valence-electron chi connectivity index (χ3n) is 2.18. The molecule has 0 unspecified atom stereocenters. The van der Waals surface area contributed by atoms with Crippen molar-refractivity contribution in [3.63, 3.8) is 0 Å². The van der Waals surface area contributed by atoms with Crippen LogP contribution in [0.4, 0.5) is 0 Å². The smallest absolute Gasteiger partial charge is 0.0199 e. The van der Waals surface area contributed by atoms with Gasteiger partial charge in [0.2, 0.25) is 0 Å². The van der Waals surface area contributed by atoms with Crippen molar-refractivity contribution in [2.45, 2.75) is 50.2 Å². The van der Waals surface area contributed by atoms with Crippen molar-refractivity contribution in [3.8, 4) is 0 Å². The topological polar surface area (TPSA) is 0 Å². The lowest BCUT2D eigenvalue weighted by Gasteiger charge is -2.15. The van der Waals surface area contributed by atoms with Gasteiger partial charge in [0.05, 0.1) is 0 Å². The molecule has 0 amide bonds. The summed E-state index contributed by atoms with van der Waals surface area (Å²) in [7, 11) is 7.26. The Bertz CT molecular complexity index is 77.3. The van der Waals surface area contributed by atoms with Gasteiger partial charge in [0.1, 0.15) is 0 Å². The molecule has 0 atom stereocenters. The van der Waals surface area contributed by atoms with Gasteiger partial charge < -0.3 is 0 Å². The molecule has 1 fully saturated rings. The van der Waals surface area contributed by atoms with E-state index in [-0.39, 0.29) is 0 Å². The zero-order chi connectivity index (χ0) is 7.23. The summed E-state index contributed by atoms with van der Waals surface area (Å²) in [5, 5.41) is 0.752. The predicted octanol–water partition coefficient (Wildman–Crippen LogP) is 3.99. The fourth-order valence-corrected chi connectivity index (χ4v) is 2.55. The lowest BCUT2D eigenvalue weighted by molar-refractivity contribution is 0.514. The summed E-state index contributed by atoms with van der Waals surface area (Å²) >= 11 is 0. The molecule has 0 spiro atoms. The second-order valence-electron chi connectivity index (χ2n) is 3.06. The maximum atomic E-state index is 5.72. The molecule has 0 aromatic heterocycles. The van der Waals surface area contributed by atoms with E-state index in [2.05, 4.69) is 0 Å². The molecule has 10 heavy (non-hydrogen) atoms. The number of hydrogen-bond donors (Lipinski definition) is 0. The standard InChI is InChI=1S/C8H15ClS/c9-10-8-6-4-2-1-3-5-7-8/h8H,1-7H2. The highest BCUT2D eigenvalue weighted by Gasteiger charge is 2.09. The minimum Gasteiger partial charge on any atom is -0.0533 e. The number of halogens is 1. The summed E-state index contributed by atoms with van der Waals surface area (Å²) in [5.74, 6) is 0. The minimum atomic E-state index is 0.752. The summed E-state index contributed by atoms with van der Waals surface area (Å²) in [6.07, 6.45) is 9.76. The Morgan fingerprint density at radius 1 is 0.900 bits per heavy atom. The van der Waals surface area contributed by atoms with Crippen molar-refractivity contribution in [2.75, 3.05) is 0 Å². The first-order valence-corrected chi connectivity index (χ1v) is 5.91. The van der Waals surface area contributed by atoms with Gasteiger partial charge in [-0.05, 0) is 23.5 Å². The van der Waals surface area contributed by atoms with Crippen LogP contribution in [0.15, 0.2) is 0 Å². The fraction of sp³-hybridized carbons (Fsp3) is 1.00. The summed E-state index contributed by atoms with van der Waals surface area (Å²) in [6, 6.07) is 0. The Labute approximate surface area is 72.2 Å². The SMILES string of the molecule is ClSC1CCCCCCC1. The van der Waals surface area contributed by atoms with E-state index in [9.17, 15) is 0 Å². The van der Waals surface area contributed by atoms with E-state index in [0.717, 1.165) is 5.25 Å². The summed E-state index contributed by atoms with van der Waals surface area (Å²) in [6.45, 7) is 0. The van der Waals surface area contributed by atoms with Crippen molar-refractivity contribution in [3.05, 3.63) is 0 Å². The molecule has 0 nitrogen and oxygen atoms in total. The zero-order valence-electron chi connectivity index (χ0n) is 6.31. The van der Waals surface area contributed by atoms with Crippen LogP contribution < -0.4 is 0 Å². The van der Waals surface area contributed by atoms with Crippen LogP contribution in [0.3, 0.4) is 0 Å². The van der Waals surface area contributed by atoms with Crippen LogP contribution in [0.25, 0.3) is 0 Å². The summed E-state index contributed by atoms with van der Waals surface area (Å²) < 4.78 is 0. The molecule has 0 radical (unpaired) electrons. The monoisotopic (exact) mass is 178 g/mol. The van der Waals surface area contributed by atoms with Gasteiger partial charge in [0, 0.05) is 5.25 Å². The van der Waals surface area contributed by atoms with Crippen molar-refractivity contribution in [1.82, 2.24) is 0 Å². The highest BCUT2D eigenvalue weighted by atomic mass is 35.7. The van der Waals surface area contributed by atoms with Crippen LogP contribution in [0.2, 0.25) is 0 Å². The van der Waals surface area contributed by atoms with E-state index < -0.39 is 0 Å². The van der Waals surface area contributed by atoms with Crippen LogP contribution in [0, 0.1) is 0 Å². The Morgan fingerprint density at radius 3 is 1.90 bits per heavy atom. The van der Waals surface area contributed by atoms with Crippen LogP contribution in [0.1, 0.15) is 44.9 Å². The number of rotatable bonds is 1. The third-order valence-corrected chi connectivity index (χ3v) is 3.66. The minimum absolute atomic E-state index is 0.752. The van der Waals surface area contributed by atoms with Crippen LogP contribution in [0.5, 0.6) is 0 Å². The van der Waals surface area contributed by atoms with Gasteiger partial charge in [-0.1, -0.05) is 43.1 Å². The molecule has 2 heteroatoms. The summed E-state index contributed by atoms with van der Waals surface area (Å²) in [5.41, 5.74) is 0. The molecule has 0 saturated heterocycles. The van der Waals surface area contributed by atoms with E-state index in [1.165, 1.54) is 44.9 Å². The van der Waals surface area contributed by atoms with Crippen molar-refractivity contribution in [2.24, 2.45) is 0 Å². The average molecular weight is 179 g/mol. The maximum absolute atomic E-state index is 5.72. The average Bonchev–Trinajstić information content (AvgIpc) is 1.87. The van der Waals surface area contributed by atoms with Crippen LogP contribution in [-0.2, 0) is 0 Å². The molecule has 0 aliphatic heterocycles. The van der Waals surface area contributed by atoms with Crippen molar-refractivity contribution in [1.29, 1.82) is 0 Å². The van der Waals surface area contributed by atoms with Crippen molar-refractivity contribution < 1.29 is 0 Å². The molecule has 0 N–H and O–H groups in total. The number of hydrogen-bond acceptors (Lipinski definition) is 1. The van der Waals surface area contributed by atoms with E-state index in [4.69, 9.17) is 10.7 Å². The lowest BCUT2D eigenvalue weighted by Crippen LogP contribution is -2.03. The molecular formula is C8H15ClS. The molecular weight excluding hydrogens is 164 g/mol. The van der Waals surface area contributed by atoms with E-state index in [0.29, 0.717) is 0 Å². The highest BCUT2D eigenvalue weighted by Crippen LogP contribution is 2.28. The largest absolute Gasteiger partial charge is 0.0533 e. The molecule has 0 heterocycles. The van der Waals surface area contributed by atoms with Crippen LogP contribution in [-0.4, -0.2) is 5.25 Å². The Kier molecular flexibility index (Phi) is 4.64. The van der Waals surface area contributed by atoms with Crippen molar-refractivity contribution >= 4 is 21.7 Å². The Hall–Kier alpha value is 0.640. The third kappa shape index (κ3) is 3.16. The zero-order valence-corrected chi connectivity index (χ0v) is 7.89. The first-order chi connectivity index (χ1) is 4.93. The molecule has 1 saturated carbocycles. The highest BCUT2D eigenvalue weighted by molar-refractivity contribution is 8.21. The van der Waals surface area contributed by atoms with Gasteiger partial charge in [0.15, 0.2) is 0 Å². The Balaban J connectivity index is 2.16. The van der Waals surface area contributed by atoms with Gasteiger partial charge in [-0.25, -0.2) is 0 Å². The predicted molar refractivity (Wildman–Crippen MR) is 49.6 cm³/mol. The van der Waals surface area contributed by atoms with Gasteiger partial charge in [-0.2, -0.15) is 0 Å². The first kappa shape index (κ1) is 8.73. The summed E-state index contributed by atoms with van der Waals surface area (Å²) in [4.78, 5) is 0. The van der Waals surface area contributed by atoms with Gasteiger partial charge in [0.25, 0.3) is 0 Å². The molecule has 60 valence electrons. The molecule has 1 rings (SSSR count). The van der Waals surface area contributed by atoms with Gasteiger partial charge >= 0.3 is 0 Å².